The molecule has 3 aromatic rings. The van der Waals surface area contributed by atoms with Crippen LogP contribution in [0, 0.1) is 18.3 Å². The fraction of sp³-hybridized carbons (Fsp3) is 0.143. The maximum Gasteiger partial charge on any atom is 0.270 e. The Morgan fingerprint density at radius 1 is 1.08 bits per heavy atom. The number of benzene rings is 2. The smallest absolute Gasteiger partial charge is 0.270 e. The molecule has 0 radical (unpaired) electrons. The van der Waals surface area contributed by atoms with Crippen molar-refractivity contribution in [2.75, 3.05) is 6.26 Å². The first-order valence-corrected chi connectivity index (χ1v) is 9.19. The van der Waals surface area contributed by atoms with E-state index in [1.54, 1.807) is 4.57 Å². The summed E-state index contributed by atoms with van der Waals surface area (Å²) in [6, 6.07) is 21.9. The zero-order valence-corrected chi connectivity index (χ0v) is 15.0. The molecule has 1 heterocycles. The third-order valence-corrected chi connectivity index (χ3v) is 4.89. The van der Waals surface area contributed by atoms with Gasteiger partial charge in [0.2, 0.25) is 0 Å². The highest BCUT2D eigenvalue weighted by Gasteiger charge is 2.15. The maximum atomic E-state index is 13.0. The molecule has 0 saturated heterocycles. The number of hydrogen-bond acceptors (Lipinski definition) is 3. The van der Waals surface area contributed by atoms with Gasteiger partial charge in [0.05, 0.1) is 12.2 Å². The van der Waals surface area contributed by atoms with E-state index in [1.807, 2.05) is 73.8 Å². The summed E-state index contributed by atoms with van der Waals surface area (Å²) in [5.41, 5.74) is 3.97. The molecule has 2 aromatic carbocycles. The number of aromatic nitrogens is 1. The fourth-order valence-corrected chi connectivity index (χ4v) is 3.34. The second-order valence-electron chi connectivity index (χ2n) is 5.83. The van der Waals surface area contributed by atoms with Crippen molar-refractivity contribution in [1.29, 1.82) is 5.26 Å². The predicted octanol–water partition coefficient (Wildman–Crippen LogP) is 4.47. The fourth-order valence-electron chi connectivity index (χ4n) is 2.77. The molecule has 0 amide bonds. The number of nitriles is 1. The Hall–Kier alpha value is -2.77. The summed E-state index contributed by atoms with van der Waals surface area (Å²) >= 11 is 1.42. The monoisotopic (exact) mass is 346 g/mol. The molecule has 3 rings (SSSR count). The normalized spacial score (nSPS) is 10.4. The van der Waals surface area contributed by atoms with Crippen LogP contribution in [-0.4, -0.2) is 10.8 Å². The van der Waals surface area contributed by atoms with Crippen LogP contribution in [0.1, 0.15) is 16.7 Å². The minimum atomic E-state index is -0.242. The largest absolute Gasteiger partial charge is 0.303 e. The van der Waals surface area contributed by atoms with E-state index in [4.69, 9.17) is 0 Å². The Morgan fingerprint density at radius 2 is 1.76 bits per heavy atom. The number of nitrogens with zero attached hydrogens (tertiary/aromatic N) is 2. The van der Waals surface area contributed by atoms with E-state index in [0.717, 1.165) is 16.8 Å². The van der Waals surface area contributed by atoms with Crippen molar-refractivity contribution in [3.63, 3.8) is 0 Å². The average Bonchev–Trinajstić information content (AvgIpc) is 2.65. The van der Waals surface area contributed by atoms with E-state index < -0.39 is 0 Å². The van der Waals surface area contributed by atoms with E-state index >= 15 is 0 Å². The Kier molecular flexibility index (Phi) is 5.06. The third kappa shape index (κ3) is 3.52. The van der Waals surface area contributed by atoms with Crippen LogP contribution in [0.2, 0.25) is 0 Å². The van der Waals surface area contributed by atoms with Crippen LogP contribution >= 0.6 is 11.8 Å². The third-order valence-electron chi connectivity index (χ3n) is 4.13. The molecule has 124 valence electrons. The van der Waals surface area contributed by atoms with Gasteiger partial charge >= 0.3 is 0 Å². The van der Waals surface area contributed by atoms with Crippen molar-refractivity contribution in [2.45, 2.75) is 18.4 Å². The first-order valence-electron chi connectivity index (χ1n) is 7.97. The minimum Gasteiger partial charge on any atom is -0.303 e. The van der Waals surface area contributed by atoms with E-state index in [0.29, 0.717) is 11.4 Å². The molecular formula is C21H18N2OS. The van der Waals surface area contributed by atoms with Gasteiger partial charge in [-0.25, -0.2) is 0 Å². The van der Waals surface area contributed by atoms with E-state index in [9.17, 15) is 10.1 Å². The number of rotatable bonds is 4. The van der Waals surface area contributed by atoms with Crippen molar-refractivity contribution < 1.29 is 0 Å². The lowest BCUT2D eigenvalue weighted by molar-refractivity contribution is 0.758. The van der Waals surface area contributed by atoms with Gasteiger partial charge in [0.15, 0.2) is 0 Å². The Balaban J connectivity index is 2.22. The standard InChI is InChI=1S/C21H18N2OS/c1-15-8-10-16(11-9-15)14-23-19(17-6-4-3-5-7-17)12-20(25-2)18(13-22)21(23)24/h3-12H,14H2,1-2H3. The maximum absolute atomic E-state index is 13.0. The molecule has 0 aliphatic carbocycles. The lowest BCUT2D eigenvalue weighted by atomic mass is 10.1. The van der Waals surface area contributed by atoms with Crippen LogP contribution in [0.3, 0.4) is 0 Å². The number of pyridine rings is 1. The molecule has 0 saturated carbocycles. The Labute approximate surface area is 151 Å². The lowest BCUT2D eigenvalue weighted by Gasteiger charge is -2.16. The second kappa shape index (κ2) is 7.42. The van der Waals surface area contributed by atoms with Crippen molar-refractivity contribution in [3.05, 3.63) is 87.7 Å². The number of thioether (sulfide) groups is 1. The van der Waals surface area contributed by atoms with Gasteiger partial charge in [0, 0.05) is 4.90 Å². The van der Waals surface area contributed by atoms with E-state index in [2.05, 4.69) is 6.07 Å². The van der Waals surface area contributed by atoms with Gasteiger partial charge < -0.3 is 4.57 Å². The predicted molar refractivity (Wildman–Crippen MR) is 103 cm³/mol. The first kappa shape index (κ1) is 17.1. The summed E-state index contributed by atoms with van der Waals surface area (Å²) in [5, 5.41) is 9.44. The summed E-state index contributed by atoms with van der Waals surface area (Å²) in [4.78, 5) is 13.7. The second-order valence-corrected chi connectivity index (χ2v) is 6.68. The van der Waals surface area contributed by atoms with E-state index in [1.165, 1.54) is 17.3 Å². The first-order chi connectivity index (χ1) is 12.1. The molecule has 0 unspecified atom stereocenters. The summed E-state index contributed by atoms with van der Waals surface area (Å²) in [6.45, 7) is 2.47. The number of hydrogen-bond donors (Lipinski definition) is 0. The quantitative estimate of drug-likeness (QED) is 0.655. The molecule has 25 heavy (non-hydrogen) atoms. The summed E-state index contributed by atoms with van der Waals surface area (Å²) in [6.07, 6.45) is 1.88. The van der Waals surface area contributed by atoms with Gasteiger partial charge in [-0.05, 0) is 30.4 Å². The number of aryl methyl sites for hydroxylation is 1. The summed E-state index contributed by atoms with van der Waals surface area (Å²) in [5.74, 6) is 0. The van der Waals surface area contributed by atoms with Crippen LogP contribution in [0.15, 0.2) is 70.4 Å². The Morgan fingerprint density at radius 3 is 2.36 bits per heavy atom. The van der Waals surface area contributed by atoms with Crippen LogP contribution in [-0.2, 0) is 6.54 Å². The molecule has 4 heteroatoms. The molecular weight excluding hydrogens is 328 g/mol. The van der Waals surface area contributed by atoms with Crippen molar-refractivity contribution in [1.82, 2.24) is 4.57 Å². The lowest BCUT2D eigenvalue weighted by Crippen LogP contribution is -2.25. The molecule has 0 aliphatic rings. The topological polar surface area (TPSA) is 45.8 Å². The van der Waals surface area contributed by atoms with Gasteiger partial charge in [0.1, 0.15) is 11.6 Å². The molecule has 0 spiro atoms. The molecule has 0 bridgehead atoms. The van der Waals surface area contributed by atoms with E-state index in [-0.39, 0.29) is 11.1 Å². The summed E-state index contributed by atoms with van der Waals surface area (Å²) < 4.78 is 1.69. The van der Waals surface area contributed by atoms with Crippen LogP contribution < -0.4 is 5.56 Å². The highest BCUT2D eigenvalue weighted by molar-refractivity contribution is 7.98. The van der Waals surface area contributed by atoms with Gasteiger partial charge in [-0.1, -0.05) is 60.2 Å². The zero-order chi connectivity index (χ0) is 17.8. The molecule has 0 N–H and O–H groups in total. The van der Waals surface area contributed by atoms with Gasteiger partial charge in [-0.2, -0.15) is 5.26 Å². The van der Waals surface area contributed by atoms with Crippen molar-refractivity contribution >= 4 is 11.8 Å². The zero-order valence-electron chi connectivity index (χ0n) is 14.2. The van der Waals surface area contributed by atoms with Crippen LogP contribution in [0.5, 0.6) is 0 Å². The van der Waals surface area contributed by atoms with Gasteiger partial charge in [-0.3, -0.25) is 4.79 Å². The average molecular weight is 346 g/mol. The molecule has 0 fully saturated rings. The van der Waals surface area contributed by atoms with Crippen molar-refractivity contribution in [3.8, 4) is 17.3 Å². The molecule has 0 aliphatic heterocycles. The highest BCUT2D eigenvalue weighted by Crippen LogP contribution is 2.26. The van der Waals surface area contributed by atoms with Gasteiger partial charge in [-0.15, -0.1) is 11.8 Å². The Bertz CT molecular complexity index is 983. The van der Waals surface area contributed by atoms with Gasteiger partial charge in [0.25, 0.3) is 5.56 Å². The minimum absolute atomic E-state index is 0.208. The van der Waals surface area contributed by atoms with Crippen LogP contribution in [0.25, 0.3) is 11.3 Å². The van der Waals surface area contributed by atoms with Crippen LogP contribution in [0.4, 0.5) is 0 Å². The summed E-state index contributed by atoms with van der Waals surface area (Å²) in [7, 11) is 0. The SMILES string of the molecule is CSc1cc(-c2ccccc2)n(Cc2ccc(C)cc2)c(=O)c1C#N. The highest BCUT2D eigenvalue weighted by atomic mass is 32.2. The molecule has 0 atom stereocenters. The molecule has 1 aromatic heterocycles. The van der Waals surface area contributed by atoms with Crippen molar-refractivity contribution in [2.24, 2.45) is 0 Å². The molecule has 3 nitrogen and oxygen atoms in total.